The summed E-state index contributed by atoms with van der Waals surface area (Å²) in [5, 5.41) is 9.20. The number of piperidine rings is 1. The summed E-state index contributed by atoms with van der Waals surface area (Å²) in [6.45, 7) is 15.8. The van der Waals surface area contributed by atoms with E-state index in [2.05, 4.69) is 32.6 Å². The molecule has 1 fully saturated rings. The van der Waals surface area contributed by atoms with Crippen LogP contribution in [0.25, 0.3) is 0 Å². The van der Waals surface area contributed by atoms with E-state index in [0.29, 0.717) is 18.9 Å². The molecule has 1 aromatic carbocycles. The highest BCUT2D eigenvalue weighted by Gasteiger charge is 2.40. The van der Waals surface area contributed by atoms with E-state index < -0.39 is 11.7 Å². The fraction of sp³-hybridized carbons (Fsp3) is 0.720. The van der Waals surface area contributed by atoms with Gasteiger partial charge in [-0.3, -0.25) is 4.90 Å². The van der Waals surface area contributed by atoms with Gasteiger partial charge in [0.1, 0.15) is 17.0 Å². The van der Waals surface area contributed by atoms with Crippen molar-refractivity contribution in [1.82, 2.24) is 4.90 Å². The Labute approximate surface area is 187 Å². The number of rotatable bonds is 7. The predicted molar refractivity (Wildman–Crippen MR) is 123 cm³/mol. The van der Waals surface area contributed by atoms with Gasteiger partial charge in [-0.05, 0) is 102 Å². The summed E-state index contributed by atoms with van der Waals surface area (Å²) in [4.78, 5) is 13.8. The van der Waals surface area contributed by atoms with Gasteiger partial charge < -0.3 is 20.3 Å². The maximum Gasteiger partial charge on any atom is 0.405 e. The summed E-state index contributed by atoms with van der Waals surface area (Å²) in [7, 11) is 0. The minimum Gasteiger partial charge on any atom is -0.485 e. The number of aliphatic hydroxyl groups excluding tert-OH is 1. The summed E-state index contributed by atoms with van der Waals surface area (Å²) < 4.78 is 12.0. The molecule has 0 aromatic heterocycles. The number of nitrogens with zero attached hydrogens (tertiary/aromatic N) is 1. The molecule has 0 bridgehead atoms. The van der Waals surface area contributed by atoms with Crippen molar-refractivity contribution in [2.75, 3.05) is 26.2 Å². The van der Waals surface area contributed by atoms with Gasteiger partial charge in [0.2, 0.25) is 0 Å². The zero-order valence-electron chi connectivity index (χ0n) is 20.1. The number of likely N-dealkylation sites (tertiary alicyclic amines) is 1. The lowest BCUT2D eigenvalue weighted by Crippen LogP contribution is -2.47. The Morgan fingerprint density at radius 2 is 1.87 bits per heavy atom. The summed E-state index contributed by atoms with van der Waals surface area (Å²) in [5.41, 5.74) is 10.5. The van der Waals surface area contributed by atoms with Crippen molar-refractivity contribution in [2.45, 2.75) is 84.8 Å². The van der Waals surface area contributed by atoms with E-state index in [1.165, 1.54) is 27.8 Å². The first-order valence-electron chi connectivity index (χ1n) is 11.6. The molecule has 2 heterocycles. The number of nitrogens with two attached hydrogens (primary N) is 1. The second-order valence-corrected chi connectivity index (χ2v) is 10.5. The number of fused-ring (bicyclic) bond motifs is 1. The van der Waals surface area contributed by atoms with Crippen molar-refractivity contribution in [3.05, 3.63) is 27.8 Å². The van der Waals surface area contributed by atoms with Crippen LogP contribution in [0.1, 0.15) is 67.9 Å². The number of primary amides is 1. The van der Waals surface area contributed by atoms with Crippen LogP contribution in [0.4, 0.5) is 4.79 Å². The van der Waals surface area contributed by atoms with E-state index in [1.54, 1.807) is 0 Å². The van der Waals surface area contributed by atoms with Gasteiger partial charge in [-0.15, -0.1) is 0 Å². The van der Waals surface area contributed by atoms with Crippen molar-refractivity contribution in [2.24, 2.45) is 11.7 Å². The lowest BCUT2D eigenvalue weighted by Gasteiger charge is -2.37. The zero-order valence-corrected chi connectivity index (χ0v) is 20.1. The van der Waals surface area contributed by atoms with E-state index >= 15 is 0 Å². The standard InChI is InChI=1S/C25H40N2O4/c1-16-17(2)22-21(18(3)20(16)13-24(4,5)31-23(26)29)14-25(6,30-22)15-27-10-7-19(8-11-27)9-12-28/h19,28H,7-15H2,1-6H3,(H2,26,29). The Balaban J connectivity index is 1.77. The average molecular weight is 433 g/mol. The molecule has 6 nitrogen and oxygen atoms in total. The Kier molecular flexibility index (Phi) is 6.92. The van der Waals surface area contributed by atoms with E-state index in [-0.39, 0.29) is 5.60 Å². The van der Waals surface area contributed by atoms with Crippen LogP contribution in [0.5, 0.6) is 5.75 Å². The van der Waals surface area contributed by atoms with Crippen LogP contribution in [0.2, 0.25) is 0 Å². The molecule has 174 valence electrons. The highest BCUT2D eigenvalue weighted by Crippen LogP contribution is 2.44. The maximum atomic E-state index is 11.3. The summed E-state index contributed by atoms with van der Waals surface area (Å²) in [6, 6.07) is 0. The molecule has 31 heavy (non-hydrogen) atoms. The molecular weight excluding hydrogens is 392 g/mol. The molecule has 0 spiro atoms. The lowest BCUT2D eigenvalue weighted by atomic mass is 9.84. The van der Waals surface area contributed by atoms with Crippen LogP contribution in [-0.4, -0.2) is 53.5 Å². The Morgan fingerprint density at radius 1 is 1.23 bits per heavy atom. The number of ether oxygens (including phenoxy) is 2. The minimum atomic E-state index is -0.739. The zero-order chi connectivity index (χ0) is 23.0. The quantitative estimate of drug-likeness (QED) is 0.684. The fourth-order valence-corrected chi connectivity index (χ4v) is 5.44. The van der Waals surface area contributed by atoms with Crippen molar-refractivity contribution in [3.8, 4) is 5.75 Å². The third-order valence-corrected chi connectivity index (χ3v) is 7.22. The van der Waals surface area contributed by atoms with Crippen molar-refractivity contribution >= 4 is 6.09 Å². The molecule has 2 aliphatic heterocycles. The number of hydrogen-bond acceptors (Lipinski definition) is 5. The second-order valence-electron chi connectivity index (χ2n) is 10.5. The van der Waals surface area contributed by atoms with Gasteiger partial charge in [-0.25, -0.2) is 4.79 Å². The molecule has 0 saturated carbocycles. The topological polar surface area (TPSA) is 85.0 Å². The molecule has 1 unspecified atom stereocenters. The minimum absolute atomic E-state index is 0.244. The highest BCUT2D eigenvalue weighted by atomic mass is 16.6. The predicted octanol–water partition coefficient (Wildman–Crippen LogP) is 3.82. The van der Waals surface area contributed by atoms with Crippen molar-refractivity contribution in [1.29, 1.82) is 0 Å². The van der Waals surface area contributed by atoms with E-state index in [1.807, 2.05) is 13.8 Å². The second kappa shape index (κ2) is 8.99. The molecule has 1 amide bonds. The largest absolute Gasteiger partial charge is 0.485 e. The molecule has 3 N–H and O–H groups in total. The highest BCUT2D eigenvalue weighted by molar-refractivity contribution is 5.65. The van der Waals surface area contributed by atoms with Gasteiger partial charge in [-0.2, -0.15) is 0 Å². The van der Waals surface area contributed by atoms with Crippen LogP contribution in [0.3, 0.4) is 0 Å². The number of hydrogen-bond donors (Lipinski definition) is 2. The van der Waals surface area contributed by atoms with Crippen molar-refractivity contribution < 1.29 is 19.4 Å². The van der Waals surface area contributed by atoms with E-state index in [4.69, 9.17) is 15.2 Å². The maximum absolute atomic E-state index is 11.3. The number of benzene rings is 1. The first kappa shape index (κ1) is 23.9. The van der Waals surface area contributed by atoms with Gasteiger partial charge in [-0.1, -0.05) is 0 Å². The molecule has 1 atom stereocenters. The molecule has 2 aliphatic rings. The van der Waals surface area contributed by atoms with Crippen LogP contribution in [0.15, 0.2) is 0 Å². The lowest BCUT2D eigenvalue weighted by molar-refractivity contribution is 0.0446. The van der Waals surface area contributed by atoms with Crippen LogP contribution < -0.4 is 10.5 Å². The normalized spacial score (nSPS) is 22.3. The van der Waals surface area contributed by atoms with E-state index in [0.717, 1.165) is 51.1 Å². The molecule has 3 rings (SSSR count). The summed E-state index contributed by atoms with van der Waals surface area (Å²) in [5.74, 6) is 1.68. The van der Waals surface area contributed by atoms with Crippen LogP contribution in [-0.2, 0) is 17.6 Å². The first-order chi connectivity index (χ1) is 14.4. The van der Waals surface area contributed by atoms with Crippen molar-refractivity contribution in [3.63, 3.8) is 0 Å². The van der Waals surface area contributed by atoms with E-state index in [9.17, 15) is 9.90 Å². The Bertz CT molecular complexity index is 828. The van der Waals surface area contributed by atoms with Gasteiger partial charge >= 0.3 is 6.09 Å². The van der Waals surface area contributed by atoms with Gasteiger partial charge in [0.15, 0.2) is 0 Å². The van der Waals surface area contributed by atoms with Gasteiger partial charge in [0.25, 0.3) is 0 Å². The number of carbonyl (C=O) groups is 1. The van der Waals surface area contributed by atoms with Gasteiger partial charge in [0, 0.05) is 31.6 Å². The molecule has 0 radical (unpaired) electrons. The SMILES string of the molecule is Cc1c(C)c2c(c(C)c1CC(C)(C)OC(N)=O)CC(C)(CN1CCC(CCO)CC1)O2. The number of amides is 1. The Hall–Kier alpha value is -1.79. The first-order valence-corrected chi connectivity index (χ1v) is 11.6. The summed E-state index contributed by atoms with van der Waals surface area (Å²) >= 11 is 0. The average Bonchev–Trinajstić information content (AvgIpc) is 3.02. The number of carbonyl (C=O) groups excluding carboxylic acids is 1. The molecule has 1 saturated heterocycles. The van der Waals surface area contributed by atoms with Crippen LogP contribution in [0, 0.1) is 26.7 Å². The Morgan fingerprint density at radius 3 is 2.45 bits per heavy atom. The molecule has 6 heteroatoms. The molecular formula is C25H40N2O4. The molecule has 1 aromatic rings. The molecule has 0 aliphatic carbocycles. The monoisotopic (exact) mass is 432 g/mol. The fourth-order valence-electron chi connectivity index (χ4n) is 5.44. The third-order valence-electron chi connectivity index (χ3n) is 7.22. The van der Waals surface area contributed by atoms with Gasteiger partial charge in [0.05, 0.1) is 0 Å². The van der Waals surface area contributed by atoms with Crippen LogP contribution >= 0.6 is 0 Å². The third kappa shape index (κ3) is 5.35. The smallest absolute Gasteiger partial charge is 0.405 e. The number of aliphatic hydroxyl groups is 1. The summed E-state index contributed by atoms with van der Waals surface area (Å²) in [6.07, 6.45) is 3.99.